The van der Waals surface area contributed by atoms with Gasteiger partial charge in [-0.1, -0.05) is 11.6 Å². The Morgan fingerprint density at radius 3 is 2.81 bits per heavy atom. The van der Waals surface area contributed by atoms with Crippen LogP contribution < -0.4 is 5.32 Å². The summed E-state index contributed by atoms with van der Waals surface area (Å²) in [6.45, 7) is 0.337. The van der Waals surface area contributed by atoms with Gasteiger partial charge in [0, 0.05) is 17.6 Å². The second-order valence-corrected chi connectivity index (χ2v) is 4.42. The Hall–Kier alpha value is -0.750. The van der Waals surface area contributed by atoms with Gasteiger partial charge in [0.05, 0.1) is 11.6 Å². The van der Waals surface area contributed by atoms with Crippen molar-refractivity contribution in [2.75, 3.05) is 6.54 Å². The van der Waals surface area contributed by atoms with E-state index in [1.807, 2.05) is 5.32 Å². The third kappa shape index (κ3) is 3.38. The molecule has 7 heteroatoms. The standard InChI is InChI=1S/C9H8BrClF2N2O/c1-5(16)15-4-9(12,13)8-7(11)2-6(10)3-14-8/h2-3H,4H2,1H3,(H,15,16). The van der Waals surface area contributed by atoms with Gasteiger partial charge in [0.2, 0.25) is 5.91 Å². The van der Waals surface area contributed by atoms with Gasteiger partial charge in [0.15, 0.2) is 0 Å². The van der Waals surface area contributed by atoms with Gasteiger partial charge in [-0.25, -0.2) is 0 Å². The van der Waals surface area contributed by atoms with E-state index >= 15 is 0 Å². The zero-order valence-electron chi connectivity index (χ0n) is 8.23. The topological polar surface area (TPSA) is 42.0 Å². The molecule has 1 aromatic rings. The largest absolute Gasteiger partial charge is 0.350 e. The van der Waals surface area contributed by atoms with E-state index in [1.165, 1.54) is 12.3 Å². The number of carbonyl (C=O) groups excluding carboxylic acids is 1. The average Bonchev–Trinajstić information content (AvgIpc) is 2.14. The molecule has 1 rings (SSSR count). The monoisotopic (exact) mass is 312 g/mol. The molecule has 0 spiro atoms. The van der Waals surface area contributed by atoms with E-state index in [1.54, 1.807) is 0 Å². The van der Waals surface area contributed by atoms with Crippen molar-refractivity contribution in [1.82, 2.24) is 10.3 Å². The van der Waals surface area contributed by atoms with Crippen molar-refractivity contribution in [2.45, 2.75) is 12.8 Å². The first-order valence-corrected chi connectivity index (χ1v) is 5.44. The second-order valence-electron chi connectivity index (χ2n) is 3.10. The molecule has 0 aliphatic heterocycles. The molecule has 0 aliphatic carbocycles. The molecule has 0 bridgehead atoms. The van der Waals surface area contributed by atoms with E-state index < -0.39 is 24.1 Å². The summed E-state index contributed by atoms with van der Waals surface area (Å²) in [6.07, 6.45) is 1.23. The van der Waals surface area contributed by atoms with Crippen LogP contribution in [0.2, 0.25) is 5.02 Å². The van der Waals surface area contributed by atoms with Crippen LogP contribution in [0.15, 0.2) is 16.7 Å². The van der Waals surface area contributed by atoms with Crippen molar-refractivity contribution in [2.24, 2.45) is 0 Å². The van der Waals surface area contributed by atoms with Crippen LogP contribution >= 0.6 is 27.5 Å². The lowest BCUT2D eigenvalue weighted by Crippen LogP contribution is -2.34. The summed E-state index contributed by atoms with van der Waals surface area (Å²) < 4.78 is 27.6. The van der Waals surface area contributed by atoms with Crippen LogP contribution in [0.25, 0.3) is 0 Å². The number of rotatable bonds is 3. The van der Waals surface area contributed by atoms with E-state index in [9.17, 15) is 13.6 Å². The van der Waals surface area contributed by atoms with Gasteiger partial charge >= 0.3 is 5.92 Å². The molecule has 0 saturated carbocycles. The van der Waals surface area contributed by atoms with Gasteiger partial charge in [-0.2, -0.15) is 8.78 Å². The summed E-state index contributed by atoms with van der Waals surface area (Å²) in [5.74, 6) is -3.82. The Morgan fingerprint density at radius 1 is 1.69 bits per heavy atom. The summed E-state index contributed by atoms with van der Waals surface area (Å²) in [5.41, 5.74) is -0.550. The minimum Gasteiger partial charge on any atom is -0.350 e. The minimum absolute atomic E-state index is 0.148. The third-order valence-electron chi connectivity index (χ3n) is 1.71. The van der Waals surface area contributed by atoms with Crippen molar-refractivity contribution < 1.29 is 13.6 Å². The van der Waals surface area contributed by atoms with Gasteiger partial charge in [-0.3, -0.25) is 9.78 Å². The SMILES string of the molecule is CC(=O)NCC(F)(F)c1ncc(Br)cc1Cl. The summed E-state index contributed by atoms with van der Waals surface area (Å²) in [7, 11) is 0. The minimum atomic E-state index is -3.29. The van der Waals surface area contributed by atoms with Crippen molar-refractivity contribution in [3.05, 3.63) is 27.5 Å². The first kappa shape index (κ1) is 13.3. The fraction of sp³-hybridized carbons (Fsp3) is 0.333. The third-order valence-corrected chi connectivity index (χ3v) is 2.44. The molecule has 0 unspecified atom stereocenters. The Morgan fingerprint density at radius 2 is 2.31 bits per heavy atom. The molecule has 0 radical (unpaired) electrons. The van der Waals surface area contributed by atoms with E-state index in [4.69, 9.17) is 11.6 Å². The number of aromatic nitrogens is 1. The van der Waals surface area contributed by atoms with Crippen molar-refractivity contribution in [3.63, 3.8) is 0 Å². The lowest BCUT2D eigenvalue weighted by atomic mass is 10.2. The number of carbonyl (C=O) groups is 1. The van der Waals surface area contributed by atoms with Gasteiger partial charge in [0.1, 0.15) is 5.69 Å². The molecule has 0 aliphatic rings. The maximum Gasteiger partial charge on any atom is 0.308 e. The Balaban J connectivity index is 2.92. The van der Waals surface area contributed by atoms with Crippen molar-refractivity contribution >= 4 is 33.4 Å². The van der Waals surface area contributed by atoms with Gasteiger partial charge in [-0.05, 0) is 22.0 Å². The number of amides is 1. The molecule has 0 saturated heterocycles. The number of nitrogens with zero attached hydrogens (tertiary/aromatic N) is 1. The van der Waals surface area contributed by atoms with Crippen LogP contribution in [0.1, 0.15) is 12.6 Å². The number of pyridine rings is 1. The van der Waals surface area contributed by atoms with E-state index in [-0.39, 0.29) is 5.02 Å². The summed E-state index contributed by atoms with van der Waals surface area (Å²) >= 11 is 8.71. The zero-order chi connectivity index (χ0) is 12.3. The van der Waals surface area contributed by atoms with Crippen LogP contribution in [0.5, 0.6) is 0 Å². The lowest BCUT2D eigenvalue weighted by molar-refractivity contribution is -0.121. The highest BCUT2D eigenvalue weighted by Gasteiger charge is 2.35. The van der Waals surface area contributed by atoms with E-state index in [2.05, 4.69) is 20.9 Å². The van der Waals surface area contributed by atoms with Crippen LogP contribution in [-0.2, 0) is 10.7 Å². The number of nitrogens with one attached hydrogen (secondary N) is 1. The lowest BCUT2D eigenvalue weighted by Gasteiger charge is -2.17. The fourth-order valence-electron chi connectivity index (χ4n) is 1.00. The highest BCUT2D eigenvalue weighted by atomic mass is 79.9. The maximum atomic E-state index is 13.5. The van der Waals surface area contributed by atoms with Crippen LogP contribution in [0.4, 0.5) is 8.78 Å². The van der Waals surface area contributed by atoms with Crippen molar-refractivity contribution in [3.8, 4) is 0 Å². The number of halogens is 4. The number of hydrogen-bond donors (Lipinski definition) is 1. The molecule has 0 fully saturated rings. The van der Waals surface area contributed by atoms with Gasteiger partial charge < -0.3 is 5.32 Å². The molecule has 1 N–H and O–H groups in total. The molecule has 1 amide bonds. The molecular weight excluding hydrogens is 305 g/mol. The Bertz CT molecular complexity index is 414. The highest BCUT2D eigenvalue weighted by molar-refractivity contribution is 9.10. The quantitative estimate of drug-likeness (QED) is 0.932. The predicted octanol–water partition coefficient (Wildman–Crippen LogP) is 2.73. The Labute approximate surface area is 104 Å². The first-order chi connectivity index (χ1) is 7.33. The molecule has 1 heterocycles. The van der Waals surface area contributed by atoms with E-state index in [0.717, 1.165) is 6.92 Å². The Kier molecular flexibility index (Phi) is 4.21. The second kappa shape index (κ2) is 5.05. The molecule has 88 valence electrons. The summed E-state index contributed by atoms with van der Waals surface area (Å²) in [5, 5.41) is 1.88. The fourth-order valence-corrected chi connectivity index (χ4v) is 1.77. The molecule has 16 heavy (non-hydrogen) atoms. The first-order valence-electron chi connectivity index (χ1n) is 4.26. The van der Waals surface area contributed by atoms with Crippen LogP contribution in [0.3, 0.4) is 0 Å². The smallest absolute Gasteiger partial charge is 0.308 e. The van der Waals surface area contributed by atoms with Crippen LogP contribution in [0, 0.1) is 0 Å². The average molecular weight is 314 g/mol. The van der Waals surface area contributed by atoms with Crippen molar-refractivity contribution in [1.29, 1.82) is 0 Å². The summed E-state index contributed by atoms with van der Waals surface area (Å²) in [6, 6.07) is 1.32. The van der Waals surface area contributed by atoms with Gasteiger partial charge in [0.25, 0.3) is 0 Å². The summed E-state index contributed by atoms with van der Waals surface area (Å²) in [4.78, 5) is 14.1. The molecular formula is C9H8BrClF2N2O. The predicted molar refractivity (Wildman–Crippen MR) is 59.5 cm³/mol. The maximum absolute atomic E-state index is 13.5. The number of alkyl halides is 2. The van der Waals surface area contributed by atoms with E-state index in [0.29, 0.717) is 4.47 Å². The molecule has 0 aromatic carbocycles. The molecule has 3 nitrogen and oxygen atoms in total. The highest BCUT2D eigenvalue weighted by Crippen LogP contribution is 2.32. The molecule has 0 atom stereocenters. The zero-order valence-corrected chi connectivity index (χ0v) is 10.6. The normalized spacial score (nSPS) is 11.3. The number of hydrogen-bond acceptors (Lipinski definition) is 2. The molecule has 1 aromatic heterocycles. The van der Waals surface area contributed by atoms with Crippen LogP contribution in [-0.4, -0.2) is 17.4 Å². The van der Waals surface area contributed by atoms with Gasteiger partial charge in [-0.15, -0.1) is 0 Å².